The van der Waals surface area contributed by atoms with Gasteiger partial charge in [0.1, 0.15) is 5.82 Å². The number of hydrogen-bond donors (Lipinski definition) is 0. The number of piperidine rings is 1. The van der Waals surface area contributed by atoms with E-state index in [1.807, 2.05) is 18.2 Å². The molecule has 0 bridgehead atoms. The van der Waals surface area contributed by atoms with Crippen molar-refractivity contribution >= 4 is 15.8 Å². The van der Waals surface area contributed by atoms with Crippen LogP contribution in [0.1, 0.15) is 25.7 Å². The van der Waals surface area contributed by atoms with Gasteiger partial charge in [-0.05, 0) is 37.8 Å². The van der Waals surface area contributed by atoms with Crippen LogP contribution < -0.4 is 4.90 Å². The SMILES string of the molecule is O=S(=O)(C1CC1)N1CCCC2(COCCN(c3ccccn3)C2)C1. The van der Waals surface area contributed by atoms with Crippen molar-refractivity contribution in [1.29, 1.82) is 0 Å². The highest BCUT2D eigenvalue weighted by Gasteiger charge is 2.46. The Morgan fingerprint density at radius 1 is 1.21 bits per heavy atom. The van der Waals surface area contributed by atoms with Gasteiger partial charge in [-0.2, -0.15) is 0 Å². The molecule has 6 nitrogen and oxygen atoms in total. The summed E-state index contributed by atoms with van der Waals surface area (Å²) in [4.78, 5) is 6.72. The minimum Gasteiger partial charge on any atom is -0.379 e. The van der Waals surface area contributed by atoms with Gasteiger partial charge in [-0.1, -0.05) is 6.07 Å². The first-order valence-electron chi connectivity index (χ1n) is 8.82. The second-order valence-corrected chi connectivity index (χ2v) is 9.56. The molecule has 1 aliphatic carbocycles. The minimum atomic E-state index is -3.11. The molecule has 1 spiro atoms. The van der Waals surface area contributed by atoms with E-state index in [2.05, 4.69) is 9.88 Å². The Balaban J connectivity index is 1.56. The van der Waals surface area contributed by atoms with Crippen molar-refractivity contribution in [2.75, 3.05) is 44.3 Å². The molecule has 1 aromatic rings. The van der Waals surface area contributed by atoms with E-state index in [0.717, 1.165) is 44.6 Å². The molecule has 4 rings (SSSR count). The molecule has 1 aromatic heterocycles. The molecule has 3 heterocycles. The second-order valence-electron chi connectivity index (χ2n) is 7.34. The average molecular weight is 351 g/mol. The minimum absolute atomic E-state index is 0.131. The van der Waals surface area contributed by atoms with Crippen LogP contribution in [0.2, 0.25) is 0 Å². The second kappa shape index (κ2) is 6.28. The summed E-state index contributed by atoms with van der Waals surface area (Å²) in [5.41, 5.74) is -0.131. The number of hydrogen-bond acceptors (Lipinski definition) is 5. The molecule has 0 amide bonds. The standard InChI is InChI=1S/C17H25N3O3S/c21-24(22,15-5-6-15)20-9-3-7-17(13-20)12-19(10-11-23-14-17)16-4-1-2-8-18-16/h1-2,4,8,15H,3,5-7,9-14H2. The Labute approximate surface area is 143 Å². The summed E-state index contributed by atoms with van der Waals surface area (Å²) >= 11 is 0. The summed E-state index contributed by atoms with van der Waals surface area (Å²) in [5.74, 6) is 0.949. The summed E-state index contributed by atoms with van der Waals surface area (Å²) in [6.07, 6.45) is 5.36. The van der Waals surface area contributed by atoms with Gasteiger partial charge in [0, 0.05) is 37.8 Å². The third-order valence-electron chi connectivity index (χ3n) is 5.35. The van der Waals surface area contributed by atoms with Crippen molar-refractivity contribution < 1.29 is 13.2 Å². The molecule has 3 aliphatic rings. The normalized spacial score (nSPS) is 29.6. The van der Waals surface area contributed by atoms with Crippen LogP contribution >= 0.6 is 0 Å². The molecule has 132 valence electrons. The first kappa shape index (κ1) is 16.3. The number of anilines is 1. The number of nitrogens with zero attached hydrogens (tertiary/aromatic N) is 3. The van der Waals surface area contributed by atoms with E-state index in [-0.39, 0.29) is 10.7 Å². The summed E-state index contributed by atoms with van der Waals surface area (Å²) in [6.45, 7) is 4.13. The van der Waals surface area contributed by atoms with E-state index in [1.165, 1.54) is 0 Å². The van der Waals surface area contributed by atoms with E-state index in [1.54, 1.807) is 10.5 Å². The molecular weight excluding hydrogens is 326 g/mol. The van der Waals surface area contributed by atoms with Crippen LogP contribution in [0.15, 0.2) is 24.4 Å². The fraction of sp³-hybridized carbons (Fsp3) is 0.706. The lowest BCUT2D eigenvalue weighted by atomic mass is 9.81. The Morgan fingerprint density at radius 2 is 2.08 bits per heavy atom. The van der Waals surface area contributed by atoms with Crippen molar-refractivity contribution in [3.8, 4) is 0 Å². The van der Waals surface area contributed by atoms with Gasteiger partial charge in [-0.3, -0.25) is 0 Å². The highest BCUT2D eigenvalue weighted by molar-refractivity contribution is 7.90. The maximum atomic E-state index is 12.7. The Hall–Kier alpha value is -1.18. The third kappa shape index (κ3) is 3.17. The van der Waals surface area contributed by atoms with E-state index in [0.29, 0.717) is 26.3 Å². The van der Waals surface area contributed by atoms with Crippen molar-refractivity contribution in [3.05, 3.63) is 24.4 Å². The Bertz CT molecular complexity index is 678. The molecule has 24 heavy (non-hydrogen) atoms. The Kier molecular flexibility index (Phi) is 4.26. The van der Waals surface area contributed by atoms with Gasteiger partial charge in [0.15, 0.2) is 0 Å². The average Bonchev–Trinajstić information content (AvgIpc) is 3.44. The summed E-state index contributed by atoms with van der Waals surface area (Å²) in [5, 5.41) is -0.133. The first-order valence-corrected chi connectivity index (χ1v) is 10.3. The zero-order chi connectivity index (χ0) is 16.6. The molecule has 0 radical (unpaired) electrons. The molecule has 0 N–H and O–H groups in total. The van der Waals surface area contributed by atoms with Crippen LogP contribution in [0.25, 0.3) is 0 Å². The van der Waals surface area contributed by atoms with Gasteiger partial charge in [-0.15, -0.1) is 0 Å². The Morgan fingerprint density at radius 3 is 2.83 bits per heavy atom. The molecule has 2 aliphatic heterocycles. The predicted octanol–water partition coefficient (Wildman–Crippen LogP) is 1.49. The van der Waals surface area contributed by atoms with Crippen LogP contribution in [0.4, 0.5) is 5.82 Å². The van der Waals surface area contributed by atoms with E-state index < -0.39 is 10.0 Å². The number of aromatic nitrogens is 1. The third-order valence-corrected chi connectivity index (χ3v) is 7.69. The lowest BCUT2D eigenvalue weighted by Crippen LogP contribution is -2.52. The zero-order valence-electron chi connectivity index (χ0n) is 13.9. The van der Waals surface area contributed by atoms with Crippen LogP contribution in [0.5, 0.6) is 0 Å². The monoisotopic (exact) mass is 351 g/mol. The van der Waals surface area contributed by atoms with Crippen molar-refractivity contribution in [3.63, 3.8) is 0 Å². The topological polar surface area (TPSA) is 62.7 Å². The highest BCUT2D eigenvalue weighted by atomic mass is 32.2. The van der Waals surface area contributed by atoms with Crippen molar-refractivity contribution in [2.24, 2.45) is 5.41 Å². The molecule has 1 atom stereocenters. The summed E-state index contributed by atoms with van der Waals surface area (Å²) < 4.78 is 33.0. The van der Waals surface area contributed by atoms with E-state index in [9.17, 15) is 8.42 Å². The fourth-order valence-electron chi connectivity index (χ4n) is 3.93. The van der Waals surface area contributed by atoms with Crippen LogP contribution in [-0.2, 0) is 14.8 Å². The number of rotatable bonds is 3. The molecule has 2 saturated heterocycles. The van der Waals surface area contributed by atoms with Crippen LogP contribution in [-0.4, -0.2) is 62.3 Å². The summed E-state index contributed by atoms with van der Waals surface area (Å²) in [6, 6.07) is 5.92. The lowest BCUT2D eigenvalue weighted by Gasteiger charge is -2.43. The predicted molar refractivity (Wildman–Crippen MR) is 92.5 cm³/mol. The maximum absolute atomic E-state index is 12.7. The van der Waals surface area contributed by atoms with Crippen LogP contribution in [0.3, 0.4) is 0 Å². The molecule has 7 heteroatoms. The van der Waals surface area contributed by atoms with Gasteiger partial charge in [0.2, 0.25) is 10.0 Å². The largest absolute Gasteiger partial charge is 0.379 e. The van der Waals surface area contributed by atoms with Gasteiger partial charge in [0.25, 0.3) is 0 Å². The lowest BCUT2D eigenvalue weighted by molar-refractivity contribution is 0.0350. The fourth-order valence-corrected chi connectivity index (χ4v) is 5.92. The quantitative estimate of drug-likeness (QED) is 0.826. The van der Waals surface area contributed by atoms with Gasteiger partial charge >= 0.3 is 0 Å². The molecule has 1 saturated carbocycles. The van der Waals surface area contributed by atoms with E-state index >= 15 is 0 Å². The maximum Gasteiger partial charge on any atom is 0.217 e. The van der Waals surface area contributed by atoms with Crippen molar-refractivity contribution in [1.82, 2.24) is 9.29 Å². The van der Waals surface area contributed by atoms with Gasteiger partial charge < -0.3 is 9.64 Å². The molecular formula is C17H25N3O3S. The van der Waals surface area contributed by atoms with Gasteiger partial charge in [-0.25, -0.2) is 17.7 Å². The summed E-state index contributed by atoms with van der Waals surface area (Å²) in [7, 11) is -3.11. The number of ether oxygens (including phenoxy) is 1. The highest BCUT2D eigenvalue weighted by Crippen LogP contribution is 2.38. The number of pyridine rings is 1. The van der Waals surface area contributed by atoms with Crippen molar-refractivity contribution in [2.45, 2.75) is 30.9 Å². The first-order chi connectivity index (χ1) is 11.6. The van der Waals surface area contributed by atoms with Gasteiger partial charge in [0.05, 0.1) is 18.5 Å². The van der Waals surface area contributed by atoms with E-state index in [4.69, 9.17) is 4.74 Å². The zero-order valence-corrected chi connectivity index (χ0v) is 14.7. The number of sulfonamides is 1. The smallest absolute Gasteiger partial charge is 0.217 e. The molecule has 0 aromatic carbocycles. The molecule has 1 unspecified atom stereocenters. The van der Waals surface area contributed by atoms with Crippen LogP contribution in [0, 0.1) is 5.41 Å². The molecule has 3 fully saturated rings.